The first-order chi connectivity index (χ1) is 14.0. The van der Waals surface area contributed by atoms with E-state index in [2.05, 4.69) is 4.99 Å². The summed E-state index contributed by atoms with van der Waals surface area (Å²) in [5, 5.41) is 0. The summed E-state index contributed by atoms with van der Waals surface area (Å²) in [7, 11) is 0. The average molecular weight is 412 g/mol. The quantitative estimate of drug-likeness (QED) is 0.602. The number of hydrogen-bond donors (Lipinski definition) is 0. The molecule has 7 nitrogen and oxygen atoms in total. The molecule has 0 N–H and O–H groups in total. The smallest absolute Gasteiger partial charge is 0.326 e. The Kier molecular flexibility index (Phi) is 5.35. The van der Waals surface area contributed by atoms with Gasteiger partial charge in [-0.1, -0.05) is 41.2 Å². The number of benzene rings is 2. The molecule has 0 saturated carbocycles. The minimum Gasteiger partial charge on any atom is -0.465 e. The third-order valence-electron chi connectivity index (χ3n) is 4.47. The Bertz CT molecular complexity index is 1140. The lowest BCUT2D eigenvalue weighted by Gasteiger charge is -2.05. The van der Waals surface area contributed by atoms with Crippen LogP contribution in [0.15, 0.2) is 41.4 Å². The van der Waals surface area contributed by atoms with Gasteiger partial charge < -0.3 is 18.8 Å². The van der Waals surface area contributed by atoms with Crippen molar-refractivity contribution in [2.75, 3.05) is 13.4 Å². The van der Waals surface area contributed by atoms with E-state index in [-0.39, 0.29) is 32.3 Å². The molecule has 4 rings (SSSR count). The van der Waals surface area contributed by atoms with Crippen LogP contribution in [0.5, 0.6) is 11.5 Å². The minimum absolute atomic E-state index is 0.0376. The van der Waals surface area contributed by atoms with Crippen molar-refractivity contribution in [1.29, 1.82) is 0 Å². The van der Waals surface area contributed by atoms with Gasteiger partial charge in [0.2, 0.25) is 6.79 Å². The molecule has 150 valence electrons. The molecule has 0 saturated heterocycles. The lowest BCUT2D eigenvalue weighted by molar-refractivity contribution is -0.143. The van der Waals surface area contributed by atoms with Crippen LogP contribution in [0.4, 0.5) is 0 Å². The number of ether oxygens (including phenoxy) is 3. The Morgan fingerprint density at radius 2 is 1.90 bits per heavy atom. The van der Waals surface area contributed by atoms with Gasteiger partial charge in [-0.3, -0.25) is 9.59 Å². The molecule has 2 aromatic carbocycles. The van der Waals surface area contributed by atoms with Gasteiger partial charge in [-0.15, -0.1) is 0 Å². The van der Waals surface area contributed by atoms with Gasteiger partial charge >= 0.3 is 5.97 Å². The molecular weight excluding hydrogens is 392 g/mol. The van der Waals surface area contributed by atoms with Crippen molar-refractivity contribution in [1.82, 2.24) is 4.57 Å². The van der Waals surface area contributed by atoms with Crippen molar-refractivity contribution in [3.8, 4) is 11.5 Å². The molecular formula is C21H20N2O5S. The van der Waals surface area contributed by atoms with Crippen LogP contribution in [-0.2, 0) is 27.3 Å². The lowest BCUT2D eigenvalue weighted by Crippen LogP contribution is -2.23. The highest BCUT2D eigenvalue weighted by molar-refractivity contribution is 7.16. The Morgan fingerprint density at radius 3 is 2.62 bits per heavy atom. The van der Waals surface area contributed by atoms with E-state index >= 15 is 0 Å². The summed E-state index contributed by atoms with van der Waals surface area (Å²) in [6.45, 7) is 4.16. The predicted octanol–water partition coefficient (Wildman–Crippen LogP) is 2.97. The molecule has 29 heavy (non-hydrogen) atoms. The van der Waals surface area contributed by atoms with E-state index in [0.29, 0.717) is 16.3 Å². The molecule has 0 bridgehead atoms. The molecule has 0 aliphatic carbocycles. The number of hydrogen-bond acceptors (Lipinski definition) is 6. The fraction of sp³-hybridized carbons (Fsp3) is 0.286. The number of aromatic nitrogens is 1. The number of nitrogens with zero attached hydrogens (tertiary/aromatic N) is 2. The molecule has 0 spiro atoms. The molecule has 1 aliphatic heterocycles. The molecule has 3 aromatic rings. The molecule has 0 atom stereocenters. The first-order valence-electron chi connectivity index (χ1n) is 9.25. The van der Waals surface area contributed by atoms with Gasteiger partial charge in [0.25, 0.3) is 5.91 Å². The second-order valence-corrected chi connectivity index (χ2v) is 7.63. The molecule has 8 heteroatoms. The molecule has 1 amide bonds. The van der Waals surface area contributed by atoms with Crippen LogP contribution in [-0.4, -0.2) is 29.8 Å². The van der Waals surface area contributed by atoms with Gasteiger partial charge in [0.05, 0.1) is 23.2 Å². The van der Waals surface area contributed by atoms with E-state index < -0.39 is 5.97 Å². The highest BCUT2D eigenvalue weighted by atomic mass is 32.1. The van der Waals surface area contributed by atoms with Gasteiger partial charge in [0.15, 0.2) is 16.3 Å². The zero-order valence-corrected chi connectivity index (χ0v) is 17.0. The summed E-state index contributed by atoms with van der Waals surface area (Å²) in [6, 6.07) is 11.4. The second-order valence-electron chi connectivity index (χ2n) is 6.62. The third-order valence-corrected chi connectivity index (χ3v) is 5.51. The second kappa shape index (κ2) is 8.08. The van der Waals surface area contributed by atoms with Crippen LogP contribution in [0.2, 0.25) is 0 Å². The highest BCUT2D eigenvalue weighted by Crippen LogP contribution is 2.37. The Morgan fingerprint density at radius 1 is 1.17 bits per heavy atom. The van der Waals surface area contributed by atoms with Crippen molar-refractivity contribution in [2.24, 2.45) is 4.99 Å². The molecule has 2 heterocycles. The van der Waals surface area contributed by atoms with Gasteiger partial charge in [0, 0.05) is 12.1 Å². The molecule has 1 aliphatic rings. The molecule has 0 fully saturated rings. The fourth-order valence-electron chi connectivity index (χ4n) is 3.06. The third kappa shape index (κ3) is 4.17. The number of esters is 1. The topological polar surface area (TPSA) is 79.1 Å². The SMILES string of the molecule is CCOC(=O)Cn1c(=NC(=O)Cc2ccc(C)cc2)sc2cc3c(cc21)OCO3. The van der Waals surface area contributed by atoms with Gasteiger partial charge in [0.1, 0.15) is 6.54 Å². The van der Waals surface area contributed by atoms with Crippen LogP contribution < -0.4 is 14.3 Å². The van der Waals surface area contributed by atoms with Crippen molar-refractivity contribution in [3.63, 3.8) is 0 Å². The van der Waals surface area contributed by atoms with Crippen LogP contribution >= 0.6 is 11.3 Å². The Labute approximate surface area is 171 Å². The van der Waals surface area contributed by atoms with Gasteiger partial charge in [-0.2, -0.15) is 4.99 Å². The monoisotopic (exact) mass is 412 g/mol. The van der Waals surface area contributed by atoms with E-state index in [1.165, 1.54) is 11.3 Å². The van der Waals surface area contributed by atoms with Gasteiger partial charge in [-0.25, -0.2) is 0 Å². The summed E-state index contributed by atoms with van der Waals surface area (Å²) in [6.07, 6.45) is 0.191. The molecule has 1 aromatic heterocycles. The summed E-state index contributed by atoms with van der Waals surface area (Å²) < 4.78 is 18.5. The van der Waals surface area contributed by atoms with Crippen molar-refractivity contribution in [3.05, 3.63) is 52.3 Å². The Balaban J connectivity index is 1.73. The maximum atomic E-state index is 12.6. The number of carbonyl (C=O) groups excluding carboxylic acids is 2. The predicted molar refractivity (Wildman–Crippen MR) is 108 cm³/mol. The molecule has 0 unspecified atom stereocenters. The molecule has 0 radical (unpaired) electrons. The van der Waals surface area contributed by atoms with E-state index in [1.54, 1.807) is 17.6 Å². The first kappa shape index (κ1) is 19.2. The maximum Gasteiger partial charge on any atom is 0.326 e. The maximum absolute atomic E-state index is 12.6. The number of amides is 1. The Hall–Kier alpha value is -3.13. The van der Waals surface area contributed by atoms with E-state index in [9.17, 15) is 9.59 Å². The van der Waals surface area contributed by atoms with Crippen LogP contribution in [0, 0.1) is 6.92 Å². The normalized spacial score (nSPS) is 13.1. The first-order valence-corrected chi connectivity index (χ1v) is 10.1. The average Bonchev–Trinajstić information content (AvgIpc) is 3.26. The van der Waals surface area contributed by atoms with Crippen molar-refractivity contribution >= 4 is 33.4 Å². The van der Waals surface area contributed by atoms with Crippen LogP contribution in [0.1, 0.15) is 18.1 Å². The highest BCUT2D eigenvalue weighted by Gasteiger charge is 2.19. The van der Waals surface area contributed by atoms with E-state index in [1.807, 2.05) is 37.3 Å². The van der Waals surface area contributed by atoms with E-state index in [4.69, 9.17) is 14.2 Å². The largest absolute Gasteiger partial charge is 0.465 e. The number of aryl methyl sites for hydroxylation is 1. The number of carbonyl (C=O) groups is 2. The minimum atomic E-state index is -0.391. The number of rotatable bonds is 5. The van der Waals surface area contributed by atoms with Crippen LogP contribution in [0.3, 0.4) is 0 Å². The zero-order chi connectivity index (χ0) is 20.4. The van der Waals surface area contributed by atoms with Crippen molar-refractivity contribution < 1.29 is 23.8 Å². The fourth-order valence-corrected chi connectivity index (χ4v) is 4.12. The zero-order valence-electron chi connectivity index (χ0n) is 16.1. The van der Waals surface area contributed by atoms with Crippen molar-refractivity contribution in [2.45, 2.75) is 26.8 Å². The summed E-state index contributed by atoms with van der Waals surface area (Å²) in [5.41, 5.74) is 2.77. The summed E-state index contributed by atoms with van der Waals surface area (Å²) in [4.78, 5) is 29.4. The van der Waals surface area contributed by atoms with E-state index in [0.717, 1.165) is 21.3 Å². The summed E-state index contributed by atoms with van der Waals surface area (Å²) in [5.74, 6) is 0.570. The summed E-state index contributed by atoms with van der Waals surface area (Å²) >= 11 is 1.32. The van der Waals surface area contributed by atoms with Crippen LogP contribution in [0.25, 0.3) is 10.2 Å². The standard InChI is InChI=1S/C21H20N2O5S/c1-3-26-20(25)11-23-15-9-16-17(28-12-27-16)10-18(15)29-21(23)22-19(24)8-14-6-4-13(2)5-7-14/h4-7,9-10H,3,8,11-12H2,1-2H3. The van der Waals surface area contributed by atoms with Gasteiger partial charge in [-0.05, 0) is 19.4 Å². The number of thiazole rings is 1. The number of fused-ring (bicyclic) bond motifs is 2. The lowest BCUT2D eigenvalue weighted by atomic mass is 10.1.